The van der Waals surface area contributed by atoms with Crippen LogP contribution in [0.25, 0.3) is 10.9 Å². The number of H-pyrrole nitrogens is 1. The van der Waals surface area contributed by atoms with Gasteiger partial charge in [0.25, 0.3) is 5.56 Å². The van der Waals surface area contributed by atoms with Crippen LogP contribution in [0.15, 0.2) is 47.3 Å². The first kappa shape index (κ1) is 26.6. The number of rotatable bonds is 8. The zero-order chi connectivity index (χ0) is 27.6. The lowest BCUT2D eigenvalue weighted by molar-refractivity contribution is 0.0840. The molecule has 6 rings (SSSR count). The summed E-state index contributed by atoms with van der Waals surface area (Å²) in [6, 6.07) is 14.1. The van der Waals surface area contributed by atoms with Crippen molar-refractivity contribution in [3.63, 3.8) is 0 Å². The summed E-state index contributed by atoms with van der Waals surface area (Å²) in [7, 11) is 1.70. The molecule has 2 aliphatic heterocycles. The van der Waals surface area contributed by atoms with Crippen LogP contribution in [0.4, 0.5) is 0 Å². The minimum Gasteiger partial charge on any atom is -0.497 e. The Morgan fingerprint density at radius 1 is 1.12 bits per heavy atom. The maximum atomic E-state index is 13.6. The predicted octanol–water partition coefficient (Wildman–Crippen LogP) is 3.23. The van der Waals surface area contributed by atoms with Crippen molar-refractivity contribution in [3.05, 3.63) is 80.9 Å². The lowest BCUT2D eigenvalue weighted by Crippen LogP contribution is -2.48. The summed E-state index contributed by atoms with van der Waals surface area (Å²) in [5, 5.41) is 13.9. The molecule has 0 bridgehead atoms. The standard InChI is InChI=1S/C30H37N7O3/c1-20-14-21(2)25-17-26(30(38)31-27(25)15-20)28(29-32-33-34-37(29)19-24-8-5-13-40-24)36-11-9-35(10-12-36)18-22-6-4-7-23(16-22)39-3/h4,6-7,14-17,24,28H,5,8-13,18-19H2,1-3H3,(H,31,38)/t24-,28-/m1/s1. The van der Waals surface area contributed by atoms with Gasteiger partial charge in [0.05, 0.1) is 19.8 Å². The van der Waals surface area contributed by atoms with Gasteiger partial charge in [-0.25, -0.2) is 4.68 Å². The van der Waals surface area contributed by atoms with Crippen molar-refractivity contribution >= 4 is 10.9 Å². The number of nitrogens with one attached hydrogen (secondary N) is 1. The van der Waals surface area contributed by atoms with Crippen LogP contribution in [0.1, 0.15) is 47.0 Å². The molecular weight excluding hydrogens is 506 g/mol. The summed E-state index contributed by atoms with van der Waals surface area (Å²) in [6.07, 6.45) is 2.12. The topological polar surface area (TPSA) is 101 Å². The summed E-state index contributed by atoms with van der Waals surface area (Å²) < 4.78 is 13.1. The van der Waals surface area contributed by atoms with Crippen LogP contribution in [0, 0.1) is 13.8 Å². The monoisotopic (exact) mass is 543 g/mol. The smallest absolute Gasteiger partial charge is 0.253 e. The van der Waals surface area contributed by atoms with E-state index in [0.717, 1.165) is 80.0 Å². The second-order valence-electron chi connectivity index (χ2n) is 11.0. The molecule has 4 aromatic rings. The highest BCUT2D eigenvalue weighted by atomic mass is 16.5. The molecule has 2 fully saturated rings. The number of ether oxygens (including phenoxy) is 2. The molecule has 0 unspecified atom stereocenters. The van der Waals surface area contributed by atoms with Gasteiger partial charge in [-0.3, -0.25) is 14.6 Å². The first-order chi connectivity index (χ1) is 19.5. The van der Waals surface area contributed by atoms with Crippen LogP contribution in [0.5, 0.6) is 5.75 Å². The van der Waals surface area contributed by atoms with E-state index in [2.05, 4.69) is 55.4 Å². The van der Waals surface area contributed by atoms with Gasteiger partial charge in [-0.15, -0.1) is 5.10 Å². The Labute approximate surface area is 233 Å². The Kier molecular flexibility index (Phi) is 7.64. The SMILES string of the molecule is COc1cccc(CN2CCN([C@H](c3cc4c(C)cc(C)cc4[nH]c3=O)c3nnnn3C[C@H]3CCCO3)CC2)c1. The number of tetrazole rings is 1. The molecule has 0 saturated carbocycles. The fourth-order valence-corrected chi connectivity index (χ4v) is 6.12. The van der Waals surface area contributed by atoms with E-state index in [1.165, 1.54) is 5.56 Å². The molecule has 0 radical (unpaired) electrons. The molecule has 210 valence electrons. The Bertz CT molecular complexity index is 1530. The zero-order valence-electron chi connectivity index (χ0n) is 23.5. The normalized spacial score (nSPS) is 19.3. The number of aromatic nitrogens is 5. The molecule has 1 N–H and O–H groups in total. The minimum atomic E-state index is -0.371. The molecule has 2 aromatic carbocycles. The van der Waals surface area contributed by atoms with Gasteiger partial charge < -0.3 is 14.5 Å². The molecule has 2 saturated heterocycles. The van der Waals surface area contributed by atoms with Crippen LogP contribution in [0.2, 0.25) is 0 Å². The lowest BCUT2D eigenvalue weighted by Gasteiger charge is -2.38. The van der Waals surface area contributed by atoms with Gasteiger partial charge in [0.2, 0.25) is 0 Å². The maximum absolute atomic E-state index is 13.6. The Morgan fingerprint density at radius 3 is 2.75 bits per heavy atom. The highest BCUT2D eigenvalue weighted by Crippen LogP contribution is 2.30. The number of aryl methyl sites for hydroxylation is 2. The first-order valence-electron chi connectivity index (χ1n) is 14.1. The second-order valence-corrected chi connectivity index (χ2v) is 11.0. The summed E-state index contributed by atoms with van der Waals surface area (Å²) >= 11 is 0. The number of nitrogens with zero attached hydrogens (tertiary/aromatic N) is 6. The number of pyridine rings is 1. The molecule has 0 spiro atoms. The van der Waals surface area contributed by atoms with Crippen molar-refractivity contribution in [1.82, 2.24) is 35.0 Å². The van der Waals surface area contributed by atoms with E-state index in [1.54, 1.807) is 7.11 Å². The highest BCUT2D eigenvalue weighted by molar-refractivity contribution is 5.83. The molecule has 10 heteroatoms. The number of piperazine rings is 1. The molecule has 2 aromatic heterocycles. The van der Waals surface area contributed by atoms with E-state index in [9.17, 15) is 4.79 Å². The van der Waals surface area contributed by atoms with E-state index in [-0.39, 0.29) is 17.7 Å². The van der Waals surface area contributed by atoms with Crippen molar-refractivity contribution in [3.8, 4) is 5.75 Å². The molecule has 10 nitrogen and oxygen atoms in total. The van der Waals surface area contributed by atoms with Crippen molar-refractivity contribution in [2.45, 2.75) is 51.9 Å². The predicted molar refractivity (Wildman–Crippen MR) is 153 cm³/mol. The summed E-state index contributed by atoms with van der Waals surface area (Å²) in [5.74, 6) is 1.56. The average Bonchev–Trinajstić information content (AvgIpc) is 3.63. The van der Waals surface area contributed by atoms with E-state index >= 15 is 0 Å². The van der Waals surface area contributed by atoms with Gasteiger partial charge in [0.1, 0.15) is 11.8 Å². The van der Waals surface area contributed by atoms with E-state index < -0.39 is 0 Å². The van der Waals surface area contributed by atoms with E-state index in [4.69, 9.17) is 9.47 Å². The third-order valence-electron chi connectivity index (χ3n) is 8.15. The van der Waals surface area contributed by atoms with Gasteiger partial charge in [0, 0.05) is 55.8 Å². The maximum Gasteiger partial charge on any atom is 0.253 e. The highest BCUT2D eigenvalue weighted by Gasteiger charge is 2.33. The lowest BCUT2D eigenvalue weighted by atomic mass is 9.99. The van der Waals surface area contributed by atoms with Crippen LogP contribution in [-0.2, 0) is 17.8 Å². The largest absolute Gasteiger partial charge is 0.497 e. The average molecular weight is 544 g/mol. The Morgan fingerprint density at radius 2 is 1.98 bits per heavy atom. The van der Waals surface area contributed by atoms with Crippen molar-refractivity contribution < 1.29 is 9.47 Å². The number of fused-ring (bicyclic) bond motifs is 1. The van der Waals surface area contributed by atoms with Gasteiger partial charge in [-0.2, -0.15) is 0 Å². The van der Waals surface area contributed by atoms with Gasteiger partial charge in [0.15, 0.2) is 5.82 Å². The molecule has 0 amide bonds. The van der Waals surface area contributed by atoms with Crippen molar-refractivity contribution in [2.24, 2.45) is 0 Å². The Balaban J connectivity index is 1.32. The molecule has 2 atom stereocenters. The Hall–Kier alpha value is -3.60. The quantitative estimate of drug-likeness (QED) is 0.362. The van der Waals surface area contributed by atoms with Gasteiger partial charge in [-0.1, -0.05) is 18.2 Å². The fraction of sp³-hybridized carbons (Fsp3) is 0.467. The summed E-state index contributed by atoms with van der Waals surface area (Å²) in [5.41, 5.74) is 4.90. The van der Waals surface area contributed by atoms with Gasteiger partial charge >= 0.3 is 0 Å². The number of hydrogen-bond acceptors (Lipinski definition) is 8. The van der Waals surface area contributed by atoms with Crippen LogP contribution in [-0.4, -0.2) is 81.0 Å². The van der Waals surface area contributed by atoms with Crippen LogP contribution < -0.4 is 10.3 Å². The zero-order valence-corrected chi connectivity index (χ0v) is 23.5. The summed E-state index contributed by atoms with van der Waals surface area (Å²) in [4.78, 5) is 21.6. The van der Waals surface area contributed by atoms with E-state index in [0.29, 0.717) is 17.9 Å². The first-order valence-corrected chi connectivity index (χ1v) is 14.1. The number of aromatic amines is 1. The minimum absolute atomic E-state index is 0.0859. The number of hydrogen-bond donors (Lipinski definition) is 1. The number of benzene rings is 2. The van der Waals surface area contributed by atoms with Crippen molar-refractivity contribution in [2.75, 3.05) is 39.9 Å². The molecular formula is C30H37N7O3. The fourth-order valence-electron chi connectivity index (χ4n) is 6.12. The van der Waals surface area contributed by atoms with Crippen LogP contribution in [0.3, 0.4) is 0 Å². The third kappa shape index (κ3) is 5.52. The second kappa shape index (κ2) is 11.5. The number of methoxy groups -OCH3 is 1. The third-order valence-corrected chi connectivity index (χ3v) is 8.15. The van der Waals surface area contributed by atoms with Crippen molar-refractivity contribution in [1.29, 1.82) is 0 Å². The van der Waals surface area contributed by atoms with E-state index in [1.807, 2.05) is 35.9 Å². The summed E-state index contributed by atoms with van der Waals surface area (Å²) in [6.45, 7) is 9.63. The van der Waals surface area contributed by atoms with Gasteiger partial charge in [-0.05, 0) is 78.1 Å². The molecule has 4 heterocycles. The molecule has 0 aliphatic carbocycles. The molecule has 40 heavy (non-hydrogen) atoms. The van der Waals surface area contributed by atoms with Crippen LogP contribution >= 0.6 is 0 Å². The molecule has 2 aliphatic rings.